The first kappa shape index (κ1) is 16.3. The maximum Gasteiger partial charge on any atom is 0.146 e. The van der Waals surface area contributed by atoms with Crippen molar-refractivity contribution in [2.45, 2.75) is 54.5 Å². The van der Waals surface area contributed by atoms with Crippen LogP contribution >= 0.6 is 23.4 Å². The monoisotopic (exact) mass is 363 g/mol. The number of aromatic nitrogens is 2. The summed E-state index contributed by atoms with van der Waals surface area (Å²) >= 11 is 8.42. The maximum absolute atomic E-state index is 6.49. The number of aromatic amines is 1. The Labute approximate surface area is 151 Å². The third-order valence-corrected chi connectivity index (χ3v) is 6.94. The molecule has 2 unspecified atom stereocenters. The van der Waals surface area contributed by atoms with Crippen LogP contribution in [-0.4, -0.2) is 39.2 Å². The molecule has 0 amide bonds. The highest BCUT2D eigenvalue weighted by molar-refractivity contribution is 8.00. The van der Waals surface area contributed by atoms with E-state index in [1.807, 2.05) is 23.9 Å². The Bertz CT molecular complexity index is 680. The van der Waals surface area contributed by atoms with Gasteiger partial charge < -0.3 is 14.6 Å². The fourth-order valence-electron chi connectivity index (χ4n) is 3.83. The minimum Gasteiger partial charge on any atom is -0.486 e. The topological polar surface area (TPSA) is 41.1 Å². The number of nitrogens with zero attached hydrogens (tertiary/aromatic N) is 2. The Hall–Kier alpha value is -1.17. The van der Waals surface area contributed by atoms with Crippen molar-refractivity contribution in [2.24, 2.45) is 0 Å². The summed E-state index contributed by atoms with van der Waals surface area (Å²) in [6.07, 6.45) is 8.76. The molecule has 2 aromatic rings. The quantitative estimate of drug-likeness (QED) is 0.856. The first-order valence-electron chi connectivity index (χ1n) is 8.48. The van der Waals surface area contributed by atoms with Crippen LogP contribution in [0.25, 0.3) is 0 Å². The molecule has 4 nitrogen and oxygen atoms in total. The summed E-state index contributed by atoms with van der Waals surface area (Å²) in [5.74, 6) is 1.59. The van der Waals surface area contributed by atoms with E-state index in [1.54, 1.807) is 12.4 Å². The molecule has 2 aliphatic rings. The van der Waals surface area contributed by atoms with Gasteiger partial charge >= 0.3 is 0 Å². The summed E-state index contributed by atoms with van der Waals surface area (Å²) in [6, 6.07) is 7.52. The number of rotatable bonds is 5. The smallest absolute Gasteiger partial charge is 0.146 e. The third-order valence-electron chi connectivity index (χ3n) is 5.18. The van der Waals surface area contributed by atoms with Gasteiger partial charge in [0, 0.05) is 34.6 Å². The highest BCUT2D eigenvalue weighted by atomic mass is 35.5. The summed E-state index contributed by atoms with van der Waals surface area (Å²) in [5.41, 5.74) is 0. The number of fused-ring (bicyclic) bond motifs is 2. The lowest BCUT2D eigenvalue weighted by atomic mass is 10.0. The molecule has 0 saturated carbocycles. The summed E-state index contributed by atoms with van der Waals surface area (Å²) in [4.78, 5) is 10.9. The molecule has 2 fully saturated rings. The molecule has 3 heterocycles. The van der Waals surface area contributed by atoms with Crippen molar-refractivity contribution < 1.29 is 4.74 Å². The van der Waals surface area contributed by atoms with E-state index < -0.39 is 0 Å². The predicted octanol–water partition coefficient (Wildman–Crippen LogP) is 4.36. The standard InChI is InChI=1S/C18H22ClN3OS/c1-22-12-2-3-13(22)9-15(8-12)24-17-5-4-14(10-16(17)19)23-11-18-20-6-7-21-18/h4-7,10,12-13,15H,2-3,8-9,11H2,1H3,(H,20,21). The van der Waals surface area contributed by atoms with Crippen molar-refractivity contribution in [3.63, 3.8) is 0 Å². The third kappa shape index (κ3) is 3.44. The lowest BCUT2D eigenvalue weighted by Crippen LogP contribution is -2.40. The van der Waals surface area contributed by atoms with Crippen molar-refractivity contribution in [1.29, 1.82) is 0 Å². The van der Waals surface area contributed by atoms with Crippen LogP contribution in [0.5, 0.6) is 5.75 Å². The molecule has 24 heavy (non-hydrogen) atoms. The zero-order valence-electron chi connectivity index (χ0n) is 13.7. The second-order valence-electron chi connectivity index (χ2n) is 6.68. The van der Waals surface area contributed by atoms with Crippen molar-refractivity contribution in [3.05, 3.63) is 41.4 Å². The van der Waals surface area contributed by atoms with Crippen LogP contribution in [0.3, 0.4) is 0 Å². The van der Waals surface area contributed by atoms with Crippen LogP contribution < -0.4 is 4.74 Å². The van der Waals surface area contributed by atoms with Gasteiger partial charge in [0.1, 0.15) is 18.2 Å². The van der Waals surface area contributed by atoms with Gasteiger partial charge in [-0.2, -0.15) is 0 Å². The van der Waals surface area contributed by atoms with E-state index in [-0.39, 0.29) is 0 Å². The van der Waals surface area contributed by atoms with Gasteiger partial charge in [0.25, 0.3) is 0 Å². The van der Waals surface area contributed by atoms with Gasteiger partial charge in [-0.15, -0.1) is 11.8 Å². The van der Waals surface area contributed by atoms with E-state index in [1.165, 1.54) is 25.7 Å². The lowest BCUT2D eigenvalue weighted by Gasteiger charge is -2.36. The van der Waals surface area contributed by atoms with Gasteiger partial charge in [0.05, 0.1) is 5.02 Å². The highest BCUT2D eigenvalue weighted by Gasteiger charge is 2.38. The van der Waals surface area contributed by atoms with E-state index in [0.717, 1.165) is 33.6 Å². The minimum absolute atomic E-state index is 0.425. The Morgan fingerprint density at radius 3 is 2.79 bits per heavy atom. The van der Waals surface area contributed by atoms with Crippen molar-refractivity contribution in [1.82, 2.24) is 14.9 Å². The highest BCUT2D eigenvalue weighted by Crippen LogP contribution is 2.43. The molecule has 2 atom stereocenters. The van der Waals surface area contributed by atoms with Gasteiger partial charge in [-0.25, -0.2) is 4.98 Å². The van der Waals surface area contributed by atoms with Gasteiger partial charge in [0.2, 0.25) is 0 Å². The molecular formula is C18H22ClN3OS. The average Bonchev–Trinajstić information content (AvgIpc) is 3.14. The Morgan fingerprint density at radius 2 is 2.12 bits per heavy atom. The number of piperidine rings is 1. The summed E-state index contributed by atoms with van der Waals surface area (Å²) in [7, 11) is 2.28. The molecule has 1 aromatic carbocycles. The van der Waals surface area contributed by atoms with Crippen LogP contribution in [0.15, 0.2) is 35.5 Å². The minimum atomic E-state index is 0.425. The molecular weight excluding hydrogens is 342 g/mol. The Morgan fingerprint density at radius 1 is 1.33 bits per heavy atom. The van der Waals surface area contributed by atoms with E-state index in [9.17, 15) is 0 Å². The Kier molecular flexibility index (Phi) is 4.74. The number of benzene rings is 1. The Balaban J connectivity index is 1.37. The maximum atomic E-state index is 6.49. The number of hydrogen-bond donors (Lipinski definition) is 1. The second kappa shape index (κ2) is 6.98. The molecule has 2 saturated heterocycles. The van der Waals surface area contributed by atoms with Gasteiger partial charge in [0.15, 0.2) is 0 Å². The molecule has 2 bridgehead atoms. The molecule has 2 aliphatic heterocycles. The molecule has 4 rings (SSSR count). The van der Waals surface area contributed by atoms with E-state index in [4.69, 9.17) is 16.3 Å². The number of thioether (sulfide) groups is 1. The molecule has 1 N–H and O–H groups in total. The van der Waals surface area contributed by atoms with Gasteiger partial charge in [-0.3, -0.25) is 0 Å². The van der Waals surface area contributed by atoms with Crippen LogP contribution in [0.2, 0.25) is 5.02 Å². The number of hydrogen-bond acceptors (Lipinski definition) is 4. The van der Waals surface area contributed by atoms with Crippen LogP contribution in [0.1, 0.15) is 31.5 Å². The number of halogens is 1. The SMILES string of the molecule is CN1C2CCC1CC(Sc1ccc(OCc3ncc[nH]3)cc1Cl)C2. The molecule has 0 spiro atoms. The van der Waals surface area contributed by atoms with E-state index in [2.05, 4.69) is 28.0 Å². The van der Waals surface area contributed by atoms with Gasteiger partial charge in [-0.05, 0) is 50.9 Å². The molecule has 6 heteroatoms. The summed E-state index contributed by atoms with van der Waals surface area (Å²) in [6.45, 7) is 0.425. The largest absolute Gasteiger partial charge is 0.486 e. The van der Waals surface area contributed by atoms with E-state index in [0.29, 0.717) is 11.9 Å². The summed E-state index contributed by atoms with van der Waals surface area (Å²) in [5, 5.41) is 1.45. The number of H-pyrrole nitrogens is 1. The van der Waals surface area contributed by atoms with Crippen LogP contribution in [-0.2, 0) is 6.61 Å². The fraction of sp³-hybridized carbons (Fsp3) is 0.500. The fourth-order valence-corrected chi connectivity index (χ4v) is 5.45. The molecule has 1 aromatic heterocycles. The van der Waals surface area contributed by atoms with Crippen molar-refractivity contribution in [3.8, 4) is 5.75 Å². The summed E-state index contributed by atoms with van der Waals surface area (Å²) < 4.78 is 5.74. The predicted molar refractivity (Wildman–Crippen MR) is 97.8 cm³/mol. The lowest BCUT2D eigenvalue weighted by molar-refractivity contribution is 0.183. The number of ether oxygens (including phenoxy) is 1. The first-order chi connectivity index (χ1) is 11.7. The van der Waals surface area contributed by atoms with Crippen LogP contribution in [0, 0.1) is 0 Å². The molecule has 128 valence electrons. The normalized spacial score (nSPS) is 26.7. The van der Waals surface area contributed by atoms with Crippen LogP contribution in [0.4, 0.5) is 0 Å². The van der Waals surface area contributed by atoms with Crippen molar-refractivity contribution >= 4 is 23.4 Å². The molecule has 0 radical (unpaired) electrons. The number of imidazole rings is 1. The van der Waals surface area contributed by atoms with E-state index >= 15 is 0 Å². The average molecular weight is 364 g/mol. The van der Waals surface area contributed by atoms with Crippen molar-refractivity contribution in [2.75, 3.05) is 7.05 Å². The molecule has 0 aliphatic carbocycles. The van der Waals surface area contributed by atoms with Gasteiger partial charge in [-0.1, -0.05) is 11.6 Å². The first-order valence-corrected chi connectivity index (χ1v) is 9.74. The zero-order chi connectivity index (χ0) is 16.5. The second-order valence-corrected chi connectivity index (χ2v) is 8.43. The zero-order valence-corrected chi connectivity index (χ0v) is 15.3. The number of nitrogens with one attached hydrogen (secondary N) is 1.